The van der Waals surface area contributed by atoms with Gasteiger partial charge in [0.2, 0.25) is 0 Å². The SMILES string of the molecule is CC(NC(=O)Nc1cccnc1N1CCCC1)c1cccnc1. The van der Waals surface area contributed by atoms with Gasteiger partial charge >= 0.3 is 6.03 Å². The zero-order valence-electron chi connectivity index (χ0n) is 13.2. The molecule has 1 aliphatic rings. The van der Waals surface area contributed by atoms with Crippen LogP contribution in [0, 0.1) is 0 Å². The van der Waals surface area contributed by atoms with Gasteiger partial charge in [-0.15, -0.1) is 0 Å². The summed E-state index contributed by atoms with van der Waals surface area (Å²) in [6.07, 6.45) is 7.56. The predicted molar refractivity (Wildman–Crippen MR) is 90.5 cm³/mol. The van der Waals surface area contributed by atoms with Crippen LogP contribution >= 0.6 is 0 Å². The second kappa shape index (κ2) is 7.09. The van der Waals surface area contributed by atoms with Crippen LogP contribution in [0.4, 0.5) is 16.3 Å². The Bertz CT molecular complexity index is 655. The van der Waals surface area contributed by atoms with Crippen LogP contribution in [0.1, 0.15) is 31.4 Å². The van der Waals surface area contributed by atoms with E-state index in [0.717, 1.165) is 30.2 Å². The minimum atomic E-state index is -0.241. The van der Waals surface area contributed by atoms with Gasteiger partial charge in [0.25, 0.3) is 0 Å². The quantitative estimate of drug-likeness (QED) is 0.911. The van der Waals surface area contributed by atoms with Gasteiger partial charge in [-0.2, -0.15) is 0 Å². The number of amides is 2. The van der Waals surface area contributed by atoms with E-state index in [1.807, 2.05) is 31.2 Å². The minimum absolute atomic E-state index is 0.115. The molecule has 6 heteroatoms. The number of nitrogens with one attached hydrogen (secondary N) is 2. The molecule has 6 nitrogen and oxygen atoms in total. The van der Waals surface area contributed by atoms with E-state index < -0.39 is 0 Å². The van der Waals surface area contributed by atoms with Crippen molar-refractivity contribution >= 4 is 17.5 Å². The average Bonchev–Trinajstić information content (AvgIpc) is 3.10. The lowest BCUT2D eigenvalue weighted by Crippen LogP contribution is -2.32. The zero-order valence-corrected chi connectivity index (χ0v) is 13.2. The third-order valence-electron chi connectivity index (χ3n) is 3.97. The monoisotopic (exact) mass is 311 g/mol. The van der Waals surface area contributed by atoms with Gasteiger partial charge in [-0.1, -0.05) is 6.07 Å². The molecule has 2 aromatic rings. The molecule has 0 aromatic carbocycles. The van der Waals surface area contributed by atoms with Gasteiger partial charge in [0.15, 0.2) is 5.82 Å². The fourth-order valence-corrected chi connectivity index (χ4v) is 2.75. The third-order valence-corrected chi connectivity index (χ3v) is 3.97. The van der Waals surface area contributed by atoms with Gasteiger partial charge < -0.3 is 15.5 Å². The van der Waals surface area contributed by atoms with Crippen molar-refractivity contribution in [2.75, 3.05) is 23.3 Å². The van der Waals surface area contributed by atoms with E-state index in [0.29, 0.717) is 0 Å². The van der Waals surface area contributed by atoms with Crippen molar-refractivity contribution in [1.29, 1.82) is 0 Å². The first-order chi connectivity index (χ1) is 11.2. The second-order valence-electron chi connectivity index (χ2n) is 5.68. The van der Waals surface area contributed by atoms with Gasteiger partial charge in [-0.3, -0.25) is 4.98 Å². The smallest absolute Gasteiger partial charge is 0.319 e. The third kappa shape index (κ3) is 3.77. The highest BCUT2D eigenvalue weighted by Gasteiger charge is 2.18. The summed E-state index contributed by atoms with van der Waals surface area (Å²) in [5.41, 5.74) is 1.71. The van der Waals surface area contributed by atoms with Crippen molar-refractivity contribution in [1.82, 2.24) is 15.3 Å². The Morgan fingerprint density at radius 2 is 2.00 bits per heavy atom. The number of urea groups is 1. The molecule has 0 spiro atoms. The van der Waals surface area contributed by atoms with Gasteiger partial charge in [0.05, 0.1) is 11.7 Å². The lowest BCUT2D eigenvalue weighted by molar-refractivity contribution is 0.249. The van der Waals surface area contributed by atoms with Gasteiger partial charge in [0.1, 0.15) is 0 Å². The van der Waals surface area contributed by atoms with Crippen LogP contribution in [-0.4, -0.2) is 29.1 Å². The molecule has 3 heterocycles. The normalized spacial score (nSPS) is 15.3. The largest absolute Gasteiger partial charge is 0.355 e. The van der Waals surface area contributed by atoms with Crippen LogP contribution in [0.5, 0.6) is 0 Å². The number of hydrogen-bond acceptors (Lipinski definition) is 4. The molecule has 0 saturated carbocycles. The first-order valence-electron chi connectivity index (χ1n) is 7.91. The molecule has 1 fully saturated rings. The summed E-state index contributed by atoms with van der Waals surface area (Å²) < 4.78 is 0. The Morgan fingerprint density at radius 1 is 1.22 bits per heavy atom. The summed E-state index contributed by atoms with van der Waals surface area (Å²) in [5, 5.41) is 5.84. The number of rotatable bonds is 4. The van der Waals surface area contributed by atoms with Crippen molar-refractivity contribution < 1.29 is 4.79 Å². The lowest BCUT2D eigenvalue weighted by Gasteiger charge is -2.21. The maximum absolute atomic E-state index is 12.3. The first-order valence-corrected chi connectivity index (χ1v) is 7.91. The maximum atomic E-state index is 12.3. The fourth-order valence-electron chi connectivity index (χ4n) is 2.75. The van der Waals surface area contributed by atoms with E-state index in [9.17, 15) is 4.79 Å². The molecule has 1 aliphatic heterocycles. The summed E-state index contributed by atoms with van der Waals surface area (Å²) in [4.78, 5) is 23.0. The maximum Gasteiger partial charge on any atom is 0.319 e. The molecule has 2 amide bonds. The van der Waals surface area contributed by atoms with Crippen molar-refractivity contribution in [3.8, 4) is 0 Å². The molecular weight excluding hydrogens is 290 g/mol. The molecule has 0 bridgehead atoms. The number of anilines is 2. The van der Waals surface area contributed by atoms with Crippen molar-refractivity contribution in [2.24, 2.45) is 0 Å². The topological polar surface area (TPSA) is 70.2 Å². The van der Waals surface area contributed by atoms with E-state index in [-0.39, 0.29) is 12.1 Å². The number of nitrogens with zero attached hydrogens (tertiary/aromatic N) is 3. The van der Waals surface area contributed by atoms with E-state index in [4.69, 9.17) is 0 Å². The minimum Gasteiger partial charge on any atom is -0.355 e. The van der Waals surface area contributed by atoms with Gasteiger partial charge in [-0.05, 0) is 43.5 Å². The average molecular weight is 311 g/mol. The molecule has 120 valence electrons. The van der Waals surface area contributed by atoms with Crippen LogP contribution in [0.15, 0.2) is 42.9 Å². The molecule has 2 aromatic heterocycles. The molecule has 0 radical (unpaired) electrons. The predicted octanol–water partition coefficient (Wildman–Crippen LogP) is 2.96. The first kappa shape index (κ1) is 15.3. The molecule has 1 unspecified atom stereocenters. The molecular formula is C17H21N5O. The summed E-state index contributed by atoms with van der Waals surface area (Å²) in [5.74, 6) is 0.842. The van der Waals surface area contributed by atoms with Crippen molar-refractivity contribution in [3.63, 3.8) is 0 Å². The van der Waals surface area contributed by atoms with Crippen molar-refractivity contribution in [3.05, 3.63) is 48.4 Å². The second-order valence-corrected chi connectivity index (χ2v) is 5.68. The number of carbonyl (C=O) groups is 1. The summed E-state index contributed by atoms with van der Waals surface area (Å²) in [7, 11) is 0. The van der Waals surface area contributed by atoms with Gasteiger partial charge in [0, 0.05) is 31.7 Å². The van der Waals surface area contributed by atoms with Crippen molar-refractivity contribution in [2.45, 2.75) is 25.8 Å². The number of carbonyl (C=O) groups excluding carboxylic acids is 1. The summed E-state index contributed by atoms with van der Waals surface area (Å²) in [6.45, 7) is 3.90. The van der Waals surface area contributed by atoms with E-state index >= 15 is 0 Å². The summed E-state index contributed by atoms with van der Waals surface area (Å²) >= 11 is 0. The number of hydrogen-bond donors (Lipinski definition) is 2. The van der Waals surface area contributed by atoms with Crippen LogP contribution in [-0.2, 0) is 0 Å². The molecule has 23 heavy (non-hydrogen) atoms. The highest BCUT2D eigenvalue weighted by molar-refractivity contribution is 5.92. The van der Waals surface area contributed by atoms with Crippen LogP contribution in [0.2, 0.25) is 0 Å². The molecule has 1 saturated heterocycles. The number of aromatic nitrogens is 2. The van der Waals surface area contributed by atoms with Crippen LogP contribution in [0.3, 0.4) is 0 Å². The Morgan fingerprint density at radius 3 is 2.74 bits per heavy atom. The van der Waals surface area contributed by atoms with Crippen LogP contribution in [0.25, 0.3) is 0 Å². The Hall–Kier alpha value is -2.63. The van der Waals surface area contributed by atoms with E-state index in [1.54, 1.807) is 18.6 Å². The summed E-state index contributed by atoms with van der Waals surface area (Å²) in [6, 6.07) is 7.16. The molecule has 0 aliphatic carbocycles. The Labute approximate surface area is 135 Å². The lowest BCUT2D eigenvalue weighted by atomic mass is 10.1. The zero-order chi connectivity index (χ0) is 16.1. The molecule has 1 atom stereocenters. The fraction of sp³-hybridized carbons (Fsp3) is 0.353. The Balaban J connectivity index is 1.66. The highest BCUT2D eigenvalue weighted by Crippen LogP contribution is 2.26. The highest BCUT2D eigenvalue weighted by atomic mass is 16.2. The van der Waals surface area contributed by atoms with Crippen LogP contribution < -0.4 is 15.5 Å². The number of pyridine rings is 2. The standard InChI is InChI=1S/C17H21N5O/c1-13(14-6-4-8-18-12-14)20-17(23)21-15-7-5-9-19-16(15)22-10-2-3-11-22/h4-9,12-13H,2-3,10-11H2,1H3,(H2,20,21,23). The molecule has 3 rings (SSSR count). The van der Waals surface area contributed by atoms with E-state index in [2.05, 4.69) is 25.5 Å². The van der Waals surface area contributed by atoms with Gasteiger partial charge in [-0.25, -0.2) is 9.78 Å². The Kier molecular flexibility index (Phi) is 4.71. The molecule has 2 N–H and O–H groups in total. The van der Waals surface area contributed by atoms with E-state index in [1.165, 1.54) is 12.8 Å².